The first kappa shape index (κ1) is 12.7. The van der Waals surface area contributed by atoms with Gasteiger partial charge in [0.2, 0.25) is 0 Å². The van der Waals surface area contributed by atoms with Gasteiger partial charge in [-0.3, -0.25) is 4.79 Å². The van der Waals surface area contributed by atoms with Crippen molar-refractivity contribution in [1.29, 1.82) is 0 Å². The summed E-state index contributed by atoms with van der Waals surface area (Å²) in [7, 11) is 4.12. The number of nitrogens with zero attached hydrogens (tertiary/aromatic N) is 2. The lowest BCUT2D eigenvalue weighted by atomic mass is 10.0. The maximum absolute atomic E-state index is 12.6. The summed E-state index contributed by atoms with van der Waals surface area (Å²) in [5, 5.41) is 0. The number of carbonyl (C=O) groups is 1. The SMILES string of the molecule is CN(C)[C@@H]1CN(C(=O)c2ccc[nH]2)[C@@H]2CCCO[C@H]12. The molecule has 2 aliphatic heterocycles. The van der Waals surface area contributed by atoms with E-state index < -0.39 is 0 Å². The number of fused-ring (bicyclic) bond motifs is 1. The minimum Gasteiger partial charge on any atom is -0.374 e. The van der Waals surface area contributed by atoms with Crippen LogP contribution in [0.5, 0.6) is 0 Å². The number of ether oxygens (including phenoxy) is 1. The average Bonchev–Trinajstić information content (AvgIpc) is 3.05. The van der Waals surface area contributed by atoms with Gasteiger partial charge in [0, 0.05) is 19.3 Å². The normalized spacial score (nSPS) is 30.7. The number of amides is 1. The molecule has 19 heavy (non-hydrogen) atoms. The largest absolute Gasteiger partial charge is 0.374 e. The van der Waals surface area contributed by atoms with Crippen LogP contribution in [0.4, 0.5) is 0 Å². The van der Waals surface area contributed by atoms with Crippen LogP contribution in [-0.4, -0.2) is 66.1 Å². The zero-order chi connectivity index (χ0) is 13.4. The molecule has 1 N–H and O–H groups in total. The van der Waals surface area contributed by atoms with Crippen LogP contribution >= 0.6 is 0 Å². The number of aromatic nitrogens is 1. The van der Waals surface area contributed by atoms with Gasteiger partial charge in [0.05, 0.1) is 18.2 Å². The number of H-pyrrole nitrogens is 1. The Kier molecular flexibility index (Phi) is 3.33. The number of likely N-dealkylation sites (N-methyl/N-ethyl adjacent to an activating group) is 1. The monoisotopic (exact) mass is 263 g/mol. The topological polar surface area (TPSA) is 48.6 Å². The zero-order valence-corrected chi connectivity index (χ0v) is 11.5. The molecule has 1 aromatic rings. The number of rotatable bonds is 2. The predicted octanol–water partition coefficient (Wildman–Crippen LogP) is 0.948. The Morgan fingerprint density at radius 3 is 3.05 bits per heavy atom. The molecule has 0 radical (unpaired) electrons. The fourth-order valence-electron chi connectivity index (χ4n) is 3.24. The van der Waals surface area contributed by atoms with Crippen LogP contribution < -0.4 is 0 Å². The molecule has 104 valence electrons. The third-order valence-corrected chi connectivity index (χ3v) is 4.25. The Bertz CT molecular complexity index is 444. The van der Waals surface area contributed by atoms with E-state index in [1.54, 1.807) is 6.20 Å². The molecule has 1 amide bonds. The summed E-state index contributed by atoms with van der Waals surface area (Å²) in [5.41, 5.74) is 0.670. The van der Waals surface area contributed by atoms with E-state index >= 15 is 0 Å². The molecular formula is C14H21N3O2. The second kappa shape index (κ2) is 4.98. The molecule has 5 nitrogen and oxygen atoms in total. The zero-order valence-electron chi connectivity index (χ0n) is 11.5. The fourth-order valence-corrected chi connectivity index (χ4v) is 3.24. The van der Waals surface area contributed by atoms with Crippen LogP contribution in [0.15, 0.2) is 18.3 Å². The Morgan fingerprint density at radius 2 is 2.37 bits per heavy atom. The Balaban J connectivity index is 1.83. The van der Waals surface area contributed by atoms with E-state index in [1.807, 2.05) is 17.0 Å². The summed E-state index contributed by atoms with van der Waals surface area (Å²) < 4.78 is 5.93. The highest BCUT2D eigenvalue weighted by atomic mass is 16.5. The maximum atomic E-state index is 12.6. The molecule has 0 saturated carbocycles. The van der Waals surface area contributed by atoms with Crippen LogP contribution in [0.2, 0.25) is 0 Å². The third-order valence-electron chi connectivity index (χ3n) is 4.25. The number of aromatic amines is 1. The van der Waals surface area contributed by atoms with Gasteiger partial charge in [0.15, 0.2) is 0 Å². The van der Waals surface area contributed by atoms with Gasteiger partial charge in [-0.25, -0.2) is 0 Å². The molecular weight excluding hydrogens is 242 g/mol. The van der Waals surface area contributed by atoms with Gasteiger partial charge in [-0.05, 0) is 39.1 Å². The fraction of sp³-hybridized carbons (Fsp3) is 0.643. The molecule has 2 aliphatic rings. The molecule has 2 fully saturated rings. The Hall–Kier alpha value is -1.33. The van der Waals surface area contributed by atoms with Crippen LogP contribution in [0.25, 0.3) is 0 Å². The van der Waals surface area contributed by atoms with Gasteiger partial charge >= 0.3 is 0 Å². The van der Waals surface area contributed by atoms with E-state index in [0.717, 1.165) is 26.0 Å². The number of likely N-dealkylation sites (tertiary alicyclic amines) is 1. The second-order valence-electron chi connectivity index (χ2n) is 5.62. The predicted molar refractivity (Wildman–Crippen MR) is 72.1 cm³/mol. The quantitative estimate of drug-likeness (QED) is 0.864. The highest BCUT2D eigenvalue weighted by molar-refractivity contribution is 5.93. The lowest BCUT2D eigenvalue weighted by Crippen LogP contribution is -2.45. The molecule has 0 spiro atoms. The first-order valence-electron chi connectivity index (χ1n) is 6.91. The van der Waals surface area contributed by atoms with Crippen LogP contribution in [0.1, 0.15) is 23.3 Å². The van der Waals surface area contributed by atoms with Gasteiger partial charge in [0.25, 0.3) is 5.91 Å². The summed E-state index contributed by atoms with van der Waals surface area (Å²) in [6, 6.07) is 4.21. The molecule has 3 heterocycles. The van der Waals surface area contributed by atoms with E-state index in [-0.39, 0.29) is 18.1 Å². The van der Waals surface area contributed by atoms with E-state index in [2.05, 4.69) is 24.0 Å². The summed E-state index contributed by atoms with van der Waals surface area (Å²) in [6.45, 7) is 1.57. The van der Waals surface area contributed by atoms with Gasteiger partial charge in [-0.2, -0.15) is 0 Å². The summed E-state index contributed by atoms with van der Waals surface area (Å²) in [4.78, 5) is 19.7. The first-order valence-corrected chi connectivity index (χ1v) is 6.91. The molecule has 0 unspecified atom stereocenters. The minimum atomic E-state index is 0.0925. The highest BCUT2D eigenvalue weighted by Gasteiger charge is 2.47. The number of hydrogen-bond acceptors (Lipinski definition) is 3. The van der Waals surface area contributed by atoms with Crippen molar-refractivity contribution >= 4 is 5.91 Å². The second-order valence-corrected chi connectivity index (χ2v) is 5.62. The molecule has 3 atom stereocenters. The molecule has 0 bridgehead atoms. The minimum absolute atomic E-state index is 0.0925. The van der Waals surface area contributed by atoms with Crippen molar-refractivity contribution in [2.24, 2.45) is 0 Å². The Morgan fingerprint density at radius 1 is 1.53 bits per heavy atom. The van der Waals surface area contributed by atoms with Crippen LogP contribution in [0, 0.1) is 0 Å². The van der Waals surface area contributed by atoms with Gasteiger partial charge < -0.3 is 19.5 Å². The summed E-state index contributed by atoms with van der Waals surface area (Å²) >= 11 is 0. The lowest BCUT2D eigenvalue weighted by Gasteiger charge is -2.33. The molecule has 1 aromatic heterocycles. The van der Waals surface area contributed by atoms with Crippen molar-refractivity contribution in [3.8, 4) is 0 Å². The van der Waals surface area contributed by atoms with Crippen molar-refractivity contribution < 1.29 is 9.53 Å². The molecule has 0 aliphatic carbocycles. The molecule has 0 aromatic carbocycles. The first-order chi connectivity index (χ1) is 9.18. The third kappa shape index (κ3) is 2.17. The van der Waals surface area contributed by atoms with Crippen molar-refractivity contribution in [3.63, 3.8) is 0 Å². The van der Waals surface area contributed by atoms with Crippen molar-refractivity contribution in [2.45, 2.75) is 31.0 Å². The molecule has 2 saturated heterocycles. The molecule has 3 rings (SSSR count). The van der Waals surface area contributed by atoms with E-state index in [9.17, 15) is 4.79 Å². The summed E-state index contributed by atoms with van der Waals surface area (Å²) in [5.74, 6) is 0.0925. The number of hydrogen-bond donors (Lipinski definition) is 1. The van der Waals surface area contributed by atoms with Crippen molar-refractivity contribution in [1.82, 2.24) is 14.8 Å². The van der Waals surface area contributed by atoms with Gasteiger partial charge in [0.1, 0.15) is 5.69 Å². The van der Waals surface area contributed by atoms with E-state index in [1.165, 1.54) is 0 Å². The van der Waals surface area contributed by atoms with Gasteiger partial charge in [-0.15, -0.1) is 0 Å². The lowest BCUT2D eigenvalue weighted by molar-refractivity contribution is -0.0313. The van der Waals surface area contributed by atoms with Crippen molar-refractivity contribution in [3.05, 3.63) is 24.0 Å². The number of carbonyl (C=O) groups excluding carboxylic acids is 1. The van der Waals surface area contributed by atoms with Crippen LogP contribution in [0.3, 0.4) is 0 Å². The van der Waals surface area contributed by atoms with E-state index in [4.69, 9.17) is 4.74 Å². The van der Waals surface area contributed by atoms with Gasteiger partial charge in [-0.1, -0.05) is 0 Å². The highest BCUT2D eigenvalue weighted by Crippen LogP contribution is 2.31. The number of nitrogens with one attached hydrogen (secondary N) is 1. The van der Waals surface area contributed by atoms with Crippen LogP contribution in [-0.2, 0) is 4.74 Å². The average molecular weight is 263 g/mol. The smallest absolute Gasteiger partial charge is 0.270 e. The standard InChI is InChI=1S/C14H21N3O2/c1-16(2)12-9-17(11-6-4-8-19-13(11)12)14(18)10-5-3-7-15-10/h3,5,7,11-13,15H,4,6,8-9H2,1-2H3/t11-,12-,13+/m1/s1. The molecule has 5 heteroatoms. The summed E-state index contributed by atoms with van der Waals surface area (Å²) in [6.07, 6.45) is 4.03. The maximum Gasteiger partial charge on any atom is 0.270 e. The van der Waals surface area contributed by atoms with Crippen molar-refractivity contribution in [2.75, 3.05) is 27.2 Å². The Labute approximate surface area is 113 Å². The van der Waals surface area contributed by atoms with E-state index in [0.29, 0.717) is 11.7 Å².